The summed E-state index contributed by atoms with van der Waals surface area (Å²) in [6, 6.07) is 0. The van der Waals surface area contributed by atoms with Gasteiger partial charge in [-0.25, -0.2) is 0 Å². The molecule has 6 heteroatoms. The summed E-state index contributed by atoms with van der Waals surface area (Å²) in [5.41, 5.74) is 6.72. The molecule has 0 bridgehead atoms. The molecule has 1 unspecified atom stereocenters. The van der Waals surface area contributed by atoms with Crippen LogP contribution < -0.4 is 11.1 Å². The fourth-order valence-electron chi connectivity index (χ4n) is 1.63. The van der Waals surface area contributed by atoms with E-state index in [0.717, 1.165) is 24.8 Å². The topological polar surface area (TPSA) is 67.5 Å². The van der Waals surface area contributed by atoms with E-state index in [1.165, 1.54) is 0 Å². The monoisotopic (exact) mass is 371 g/mol. The van der Waals surface area contributed by atoms with Crippen molar-refractivity contribution >= 4 is 40.7 Å². The molecule has 1 fully saturated rings. The lowest BCUT2D eigenvalue weighted by Gasteiger charge is -2.38. The molecule has 0 saturated heterocycles. The summed E-state index contributed by atoms with van der Waals surface area (Å²) in [5, 5.41) is 2.97. The molecule has 1 aliphatic carbocycles. The normalized spacial score (nSPS) is 19.8. The predicted octanol–water partition coefficient (Wildman–Crippen LogP) is 1.39. The molecule has 0 aromatic rings. The maximum atomic E-state index is 11.6. The second-order valence-electron chi connectivity index (χ2n) is 4.50. The summed E-state index contributed by atoms with van der Waals surface area (Å²) in [6.07, 6.45) is 4.89. The first-order valence-corrected chi connectivity index (χ1v) is 7.04. The van der Waals surface area contributed by atoms with E-state index < -0.39 is 10.8 Å². The molecule has 4 nitrogen and oxygen atoms in total. The Bertz CT molecular complexity index is 327. The Morgan fingerprint density at radius 2 is 2.18 bits per heavy atom. The number of rotatable bonds is 5. The molecule has 0 heterocycles. The average molecular weight is 371 g/mol. The van der Waals surface area contributed by atoms with Crippen molar-refractivity contribution in [3.8, 4) is 0 Å². The Balaban J connectivity index is 0.00000256. The maximum absolute atomic E-state index is 11.6. The van der Waals surface area contributed by atoms with Crippen molar-refractivity contribution in [1.82, 2.24) is 5.32 Å². The number of halogens is 1. The number of nitrogens with one attached hydrogen (secondary N) is 1. The van der Waals surface area contributed by atoms with Crippen LogP contribution in [-0.4, -0.2) is 34.3 Å². The van der Waals surface area contributed by atoms with Gasteiger partial charge in [-0.15, -0.1) is 24.0 Å². The highest BCUT2D eigenvalue weighted by atomic mass is 127. The van der Waals surface area contributed by atoms with Crippen LogP contribution in [0.3, 0.4) is 0 Å². The molecule has 0 spiro atoms. The third kappa shape index (κ3) is 4.95. The van der Waals surface area contributed by atoms with Crippen LogP contribution in [0.1, 0.15) is 26.2 Å². The molecular weight excluding hydrogens is 349 g/mol. The van der Waals surface area contributed by atoms with Gasteiger partial charge < -0.3 is 11.1 Å². The first-order valence-electron chi connectivity index (χ1n) is 5.48. The van der Waals surface area contributed by atoms with Gasteiger partial charge in [0.25, 0.3) is 0 Å². The molecule has 17 heavy (non-hydrogen) atoms. The molecular formula is C11H22IN3OS. The zero-order valence-corrected chi connectivity index (χ0v) is 13.6. The van der Waals surface area contributed by atoms with Crippen molar-refractivity contribution in [3.05, 3.63) is 12.2 Å². The van der Waals surface area contributed by atoms with Crippen LogP contribution in [0.2, 0.25) is 0 Å². The van der Waals surface area contributed by atoms with E-state index in [0.29, 0.717) is 19.0 Å². The smallest absolute Gasteiger partial charge is 0.188 e. The first-order chi connectivity index (χ1) is 7.46. The van der Waals surface area contributed by atoms with Crippen molar-refractivity contribution in [2.45, 2.75) is 30.9 Å². The molecule has 1 atom stereocenters. The Labute approximate surface area is 123 Å². The van der Waals surface area contributed by atoms with Crippen molar-refractivity contribution in [2.24, 2.45) is 10.7 Å². The van der Waals surface area contributed by atoms with E-state index in [2.05, 4.69) is 16.9 Å². The largest absolute Gasteiger partial charge is 0.370 e. The Morgan fingerprint density at radius 3 is 2.53 bits per heavy atom. The highest BCUT2D eigenvalue weighted by Crippen LogP contribution is 2.37. The minimum atomic E-state index is -0.819. The first kappa shape index (κ1) is 16.9. The van der Waals surface area contributed by atoms with Gasteiger partial charge in [0.15, 0.2) is 5.96 Å². The van der Waals surface area contributed by atoms with Crippen molar-refractivity contribution in [1.29, 1.82) is 0 Å². The molecule has 3 N–H and O–H groups in total. The quantitative estimate of drug-likeness (QED) is 0.332. The Morgan fingerprint density at radius 1 is 1.59 bits per heavy atom. The van der Waals surface area contributed by atoms with Crippen LogP contribution in [0.5, 0.6) is 0 Å². The summed E-state index contributed by atoms with van der Waals surface area (Å²) in [7, 11) is -0.819. The summed E-state index contributed by atoms with van der Waals surface area (Å²) < 4.78 is 11.5. The summed E-state index contributed by atoms with van der Waals surface area (Å²) in [6.45, 7) is 6.89. The highest BCUT2D eigenvalue weighted by Gasteiger charge is 2.40. The van der Waals surface area contributed by atoms with Gasteiger partial charge in [0, 0.05) is 23.6 Å². The summed E-state index contributed by atoms with van der Waals surface area (Å²) in [4.78, 5) is 4.26. The van der Waals surface area contributed by atoms with E-state index in [1.807, 2.05) is 6.92 Å². The molecule has 0 aromatic carbocycles. The van der Waals surface area contributed by atoms with Crippen LogP contribution in [0.15, 0.2) is 17.1 Å². The second kappa shape index (κ2) is 7.35. The number of guanidine groups is 1. The van der Waals surface area contributed by atoms with Gasteiger partial charge in [-0.05, 0) is 19.8 Å². The van der Waals surface area contributed by atoms with Crippen molar-refractivity contribution in [3.63, 3.8) is 0 Å². The lowest BCUT2D eigenvalue weighted by molar-refractivity contribution is 0.361. The average Bonchev–Trinajstić information content (AvgIpc) is 2.12. The van der Waals surface area contributed by atoms with E-state index in [9.17, 15) is 4.21 Å². The molecule has 1 aliphatic rings. The van der Waals surface area contributed by atoms with Gasteiger partial charge >= 0.3 is 0 Å². The van der Waals surface area contributed by atoms with Gasteiger partial charge in [-0.3, -0.25) is 9.20 Å². The summed E-state index contributed by atoms with van der Waals surface area (Å²) >= 11 is 0. The van der Waals surface area contributed by atoms with Gasteiger partial charge in [-0.1, -0.05) is 18.6 Å². The lowest BCUT2D eigenvalue weighted by Crippen LogP contribution is -2.45. The maximum Gasteiger partial charge on any atom is 0.188 e. The third-order valence-corrected chi connectivity index (χ3v) is 4.74. The number of aliphatic imine (C=N–C) groups is 1. The van der Waals surface area contributed by atoms with Crippen LogP contribution in [-0.2, 0) is 10.8 Å². The number of hydrogen-bond acceptors (Lipinski definition) is 2. The Kier molecular flexibility index (Phi) is 7.30. The fraction of sp³-hybridized carbons (Fsp3) is 0.727. The van der Waals surface area contributed by atoms with E-state index in [4.69, 9.17) is 5.73 Å². The number of hydrogen-bond donors (Lipinski definition) is 2. The van der Waals surface area contributed by atoms with Crippen LogP contribution >= 0.6 is 24.0 Å². The van der Waals surface area contributed by atoms with Gasteiger partial charge in [0.2, 0.25) is 0 Å². The van der Waals surface area contributed by atoms with E-state index in [1.54, 1.807) is 6.26 Å². The molecule has 1 rings (SSSR count). The predicted molar refractivity (Wildman–Crippen MR) is 85.4 cm³/mol. The van der Waals surface area contributed by atoms with Crippen LogP contribution in [0, 0.1) is 0 Å². The summed E-state index contributed by atoms with van der Waals surface area (Å²) in [5.74, 6) is 0.416. The lowest BCUT2D eigenvalue weighted by atomic mass is 9.84. The van der Waals surface area contributed by atoms with E-state index >= 15 is 0 Å². The fourth-order valence-corrected chi connectivity index (χ4v) is 2.74. The van der Waals surface area contributed by atoms with Crippen LogP contribution in [0.25, 0.3) is 0 Å². The van der Waals surface area contributed by atoms with E-state index in [-0.39, 0.29) is 28.7 Å². The number of nitrogens with zero attached hydrogens (tertiary/aromatic N) is 1. The minimum absolute atomic E-state index is 0. The molecule has 100 valence electrons. The highest BCUT2D eigenvalue weighted by molar-refractivity contribution is 14.0. The van der Waals surface area contributed by atoms with Crippen molar-refractivity contribution < 1.29 is 4.21 Å². The van der Waals surface area contributed by atoms with Gasteiger partial charge in [-0.2, -0.15) is 0 Å². The molecule has 0 aliphatic heterocycles. The Hall–Kier alpha value is -0.110. The van der Waals surface area contributed by atoms with Crippen LogP contribution in [0.4, 0.5) is 0 Å². The molecule has 0 aromatic heterocycles. The minimum Gasteiger partial charge on any atom is -0.370 e. The van der Waals surface area contributed by atoms with Gasteiger partial charge in [0.05, 0.1) is 11.3 Å². The SMILES string of the molecule is C=C(C)CNC(N)=NCC1(S(C)=O)CCC1.I. The van der Waals surface area contributed by atoms with Gasteiger partial charge in [0.1, 0.15) is 0 Å². The molecule has 0 amide bonds. The number of nitrogens with two attached hydrogens (primary N) is 1. The standard InChI is InChI=1S/C11H21N3OS.HI/c1-9(2)7-13-10(12)14-8-11(16(3)15)5-4-6-11;/h1,4-8H2,2-3H3,(H3,12,13,14);1H. The second-order valence-corrected chi connectivity index (χ2v) is 6.28. The van der Waals surface area contributed by atoms with Crippen molar-refractivity contribution in [2.75, 3.05) is 19.3 Å². The molecule has 1 saturated carbocycles. The zero-order chi connectivity index (χ0) is 12.2. The molecule has 0 radical (unpaired) electrons. The third-order valence-electron chi connectivity index (χ3n) is 2.98. The zero-order valence-electron chi connectivity index (χ0n) is 10.5.